The van der Waals surface area contributed by atoms with Gasteiger partial charge >= 0.3 is 17.9 Å². The van der Waals surface area contributed by atoms with Crippen molar-refractivity contribution >= 4 is 17.9 Å². The third-order valence-corrected chi connectivity index (χ3v) is 10.0. The summed E-state index contributed by atoms with van der Waals surface area (Å²) in [6.07, 6.45) is 66.5. The van der Waals surface area contributed by atoms with Gasteiger partial charge in [0.1, 0.15) is 13.2 Å². The second-order valence-electron chi connectivity index (χ2n) is 15.9. The second kappa shape index (κ2) is 49.7. The molecule has 0 radical (unpaired) electrons. The fourth-order valence-corrected chi connectivity index (χ4v) is 6.38. The second-order valence-corrected chi connectivity index (χ2v) is 15.9. The zero-order valence-electron chi connectivity index (χ0n) is 39.8. The Balaban J connectivity index is 4.45. The normalized spacial score (nSPS) is 13.0. The van der Waals surface area contributed by atoms with E-state index in [2.05, 4.69) is 130 Å². The van der Waals surface area contributed by atoms with Gasteiger partial charge in [-0.25, -0.2) is 0 Å². The molecule has 0 spiro atoms. The average Bonchev–Trinajstić information content (AvgIpc) is 3.27. The Morgan fingerprint density at radius 2 is 0.597 bits per heavy atom. The van der Waals surface area contributed by atoms with Gasteiger partial charge in [-0.05, 0) is 109 Å². The molecule has 0 aliphatic heterocycles. The summed E-state index contributed by atoms with van der Waals surface area (Å²) in [5.41, 5.74) is 0. The summed E-state index contributed by atoms with van der Waals surface area (Å²) in [6.45, 7) is 6.22. The summed E-state index contributed by atoms with van der Waals surface area (Å²) in [7, 11) is 0. The topological polar surface area (TPSA) is 78.9 Å². The third-order valence-electron chi connectivity index (χ3n) is 10.0. The zero-order valence-corrected chi connectivity index (χ0v) is 39.8. The molecule has 0 aromatic heterocycles. The number of carbonyl (C=O) groups is 3. The molecule has 0 aromatic rings. The molecule has 0 aromatic carbocycles. The van der Waals surface area contributed by atoms with Crippen molar-refractivity contribution < 1.29 is 28.6 Å². The Kier molecular flexibility index (Phi) is 46.6. The lowest BCUT2D eigenvalue weighted by molar-refractivity contribution is -0.167. The molecule has 1 atom stereocenters. The van der Waals surface area contributed by atoms with Crippen LogP contribution in [0.1, 0.15) is 207 Å². The Hall–Kier alpha value is -3.93. The Bertz CT molecular complexity index is 1310. The maximum atomic E-state index is 12.8. The molecule has 6 heteroatoms. The quantitative estimate of drug-likeness (QED) is 0.0263. The molecule has 0 saturated heterocycles. The van der Waals surface area contributed by atoms with Crippen LogP contribution in [0.4, 0.5) is 0 Å². The van der Waals surface area contributed by atoms with Crippen LogP contribution < -0.4 is 0 Å². The maximum absolute atomic E-state index is 12.8. The highest BCUT2D eigenvalue weighted by atomic mass is 16.6. The molecule has 0 N–H and O–H groups in total. The van der Waals surface area contributed by atoms with Crippen molar-refractivity contribution in [3.63, 3.8) is 0 Å². The number of rotatable bonds is 43. The fraction of sp³-hybridized carbons (Fsp3) is 0.625. The van der Waals surface area contributed by atoms with E-state index in [9.17, 15) is 14.4 Å². The molecule has 0 rings (SSSR count). The van der Waals surface area contributed by atoms with E-state index < -0.39 is 6.10 Å². The van der Waals surface area contributed by atoms with E-state index >= 15 is 0 Å². The van der Waals surface area contributed by atoms with Crippen LogP contribution in [0.3, 0.4) is 0 Å². The number of ether oxygens (including phenoxy) is 3. The first-order valence-corrected chi connectivity index (χ1v) is 24.9. The van der Waals surface area contributed by atoms with Gasteiger partial charge in [-0.1, -0.05) is 188 Å². The van der Waals surface area contributed by atoms with E-state index in [1.807, 2.05) is 0 Å². The molecule has 0 bridgehead atoms. The van der Waals surface area contributed by atoms with Gasteiger partial charge in [0, 0.05) is 19.3 Å². The first kappa shape index (κ1) is 58.1. The van der Waals surface area contributed by atoms with Gasteiger partial charge in [-0.2, -0.15) is 0 Å². The predicted molar refractivity (Wildman–Crippen MR) is 265 cm³/mol. The van der Waals surface area contributed by atoms with Gasteiger partial charge in [-0.3, -0.25) is 14.4 Å². The predicted octanol–water partition coefficient (Wildman–Crippen LogP) is 16.4. The van der Waals surface area contributed by atoms with Crippen molar-refractivity contribution in [1.82, 2.24) is 0 Å². The summed E-state index contributed by atoms with van der Waals surface area (Å²) in [5.74, 6) is -0.992. The highest BCUT2D eigenvalue weighted by Gasteiger charge is 2.19. The molecule has 350 valence electrons. The first-order valence-electron chi connectivity index (χ1n) is 24.9. The molecule has 0 aliphatic rings. The van der Waals surface area contributed by atoms with E-state index in [1.54, 1.807) is 0 Å². The SMILES string of the molecule is CC/C=C\C/C=C\C/C=C\C/C=C\CCCCCCCCC(=O)OCC(COC(=O)CCC/C=C\C/C=C\C/C=C\CC)OC(=O)CCCCCCCCC/C=C\C/C=C\CC. The number of esters is 3. The molecule has 0 saturated carbocycles. The molecular weight excluding hydrogens is 769 g/mol. The molecule has 0 amide bonds. The first-order chi connectivity index (χ1) is 30.5. The van der Waals surface area contributed by atoms with E-state index in [0.29, 0.717) is 19.3 Å². The van der Waals surface area contributed by atoms with Crippen LogP contribution in [-0.2, 0) is 28.6 Å². The molecule has 0 heterocycles. The van der Waals surface area contributed by atoms with Crippen molar-refractivity contribution in [1.29, 1.82) is 0 Å². The van der Waals surface area contributed by atoms with Gasteiger partial charge in [0.15, 0.2) is 6.10 Å². The van der Waals surface area contributed by atoms with Gasteiger partial charge in [-0.15, -0.1) is 0 Å². The van der Waals surface area contributed by atoms with Crippen LogP contribution in [0.2, 0.25) is 0 Å². The van der Waals surface area contributed by atoms with Crippen LogP contribution in [0, 0.1) is 0 Å². The molecule has 62 heavy (non-hydrogen) atoms. The lowest BCUT2D eigenvalue weighted by Crippen LogP contribution is -2.30. The summed E-state index contributed by atoms with van der Waals surface area (Å²) < 4.78 is 16.7. The number of hydrogen-bond donors (Lipinski definition) is 0. The summed E-state index contributed by atoms with van der Waals surface area (Å²) >= 11 is 0. The van der Waals surface area contributed by atoms with Crippen molar-refractivity contribution in [2.24, 2.45) is 0 Å². The van der Waals surface area contributed by atoms with Crippen LogP contribution in [-0.4, -0.2) is 37.2 Å². The number of unbranched alkanes of at least 4 members (excludes halogenated alkanes) is 14. The van der Waals surface area contributed by atoms with Crippen molar-refractivity contribution in [2.45, 2.75) is 213 Å². The maximum Gasteiger partial charge on any atom is 0.306 e. The van der Waals surface area contributed by atoms with E-state index in [-0.39, 0.29) is 37.5 Å². The van der Waals surface area contributed by atoms with Gasteiger partial charge in [0.2, 0.25) is 0 Å². The minimum atomic E-state index is -0.809. The van der Waals surface area contributed by atoms with E-state index in [0.717, 1.165) is 122 Å². The monoisotopic (exact) mass is 859 g/mol. The van der Waals surface area contributed by atoms with Crippen LogP contribution in [0.5, 0.6) is 0 Å². The van der Waals surface area contributed by atoms with E-state index in [4.69, 9.17) is 14.2 Å². The van der Waals surface area contributed by atoms with Crippen molar-refractivity contribution in [2.75, 3.05) is 13.2 Å². The molecule has 0 aliphatic carbocycles. The summed E-state index contributed by atoms with van der Waals surface area (Å²) in [6, 6.07) is 0. The largest absolute Gasteiger partial charge is 0.462 e. The van der Waals surface area contributed by atoms with Crippen LogP contribution in [0.15, 0.2) is 109 Å². The molecule has 6 nitrogen and oxygen atoms in total. The molecule has 0 fully saturated rings. The van der Waals surface area contributed by atoms with Crippen molar-refractivity contribution in [3.8, 4) is 0 Å². The highest BCUT2D eigenvalue weighted by molar-refractivity contribution is 5.71. The molecule has 1 unspecified atom stereocenters. The van der Waals surface area contributed by atoms with Gasteiger partial charge in [0.05, 0.1) is 0 Å². The van der Waals surface area contributed by atoms with Crippen LogP contribution >= 0.6 is 0 Å². The lowest BCUT2D eigenvalue weighted by atomic mass is 10.1. The Morgan fingerprint density at radius 1 is 0.323 bits per heavy atom. The van der Waals surface area contributed by atoms with Gasteiger partial charge in [0.25, 0.3) is 0 Å². The number of carbonyl (C=O) groups excluding carboxylic acids is 3. The Labute approximate surface area is 380 Å². The third kappa shape index (κ3) is 47.1. The average molecular weight is 859 g/mol. The number of hydrogen-bond acceptors (Lipinski definition) is 6. The lowest BCUT2D eigenvalue weighted by Gasteiger charge is -2.18. The standard InChI is InChI=1S/C56H90O6/c1-4-7-10-13-16-19-22-24-26-27-28-29-30-32-34-37-40-43-46-49-55(58)61-52-53(51-60-54(57)48-45-42-39-36-33-21-18-15-12-9-6-3)62-56(59)50-47-44-41-38-35-31-25-23-20-17-14-11-8-5-2/h7-12,16-21,24,26,28-29,36,39,53H,4-6,13-15,22-23,25,27,30-35,37-38,40-52H2,1-3H3/b10-7-,11-8-,12-9-,19-16-,20-17-,21-18-,26-24-,29-28-,39-36-. The highest BCUT2D eigenvalue weighted by Crippen LogP contribution is 2.13. The number of allylic oxidation sites excluding steroid dienone is 18. The fourth-order valence-electron chi connectivity index (χ4n) is 6.38. The van der Waals surface area contributed by atoms with E-state index in [1.165, 1.54) is 38.5 Å². The van der Waals surface area contributed by atoms with Crippen molar-refractivity contribution in [3.05, 3.63) is 109 Å². The summed E-state index contributed by atoms with van der Waals surface area (Å²) in [5, 5.41) is 0. The smallest absolute Gasteiger partial charge is 0.306 e. The zero-order chi connectivity index (χ0) is 45.1. The van der Waals surface area contributed by atoms with Gasteiger partial charge < -0.3 is 14.2 Å². The minimum Gasteiger partial charge on any atom is -0.462 e. The minimum absolute atomic E-state index is 0.107. The molecular formula is C56H90O6. The van der Waals surface area contributed by atoms with Crippen LogP contribution in [0.25, 0.3) is 0 Å². The Morgan fingerprint density at radius 3 is 0.968 bits per heavy atom. The summed E-state index contributed by atoms with van der Waals surface area (Å²) in [4.78, 5) is 37.9.